The number of aliphatic hydroxyl groups excluding tert-OH is 2. The lowest BCUT2D eigenvalue weighted by Gasteiger charge is -2.47. The zero-order valence-electron chi connectivity index (χ0n) is 41.5. The van der Waals surface area contributed by atoms with Gasteiger partial charge < -0.3 is 59.4 Å². The van der Waals surface area contributed by atoms with Crippen molar-refractivity contribution in [3.8, 4) is 11.5 Å². The number of para-hydroxylation sites is 1. The van der Waals surface area contributed by atoms with Crippen LogP contribution in [0.15, 0.2) is 59.8 Å². The SMILES string of the molecule is CC[C@H]1OC(=O)[C@H](C)C(=O)[C@H](C)[C@@H](O[C@@H]2O[C@H](C)C[C@H](N(C)C)[C@H]2O)[C@@](C)(OC)C[C@@H](C)/C(=N\OCCNCCCCCCNCc2cccc(Oc3ccccc3)c2)[C@H](C)[C@@H](O)[C@]1(C)O. The minimum atomic E-state index is -1.91. The number of hydrogen-bond donors (Lipinski definition) is 5. The van der Waals surface area contributed by atoms with Crippen molar-refractivity contribution in [3.63, 3.8) is 0 Å². The Bertz CT molecular complexity index is 1800. The Morgan fingerprint density at radius 3 is 2.20 bits per heavy atom. The summed E-state index contributed by atoms with van der Waals surface area (Å²) in [5, 5.41) is 46.8. The Labute approximate surface area is 394 Å². The van der Waals surface area contributed by atoms with Gasteiger partial charge in [-0.2, -0.15) is 0 Å². The van der Waals surface area contributed by atoms with Crippen molar-refractivity contribution in [2.45, 2.75) is 161 Å². The first-order chi connectivity index (χ1) is 31.3. The lowest BCUT2D eigenvalue weighted by molar-refractivity contribution is -0.295. The van der Waals surface area contributed by atoms with E-state index in [1.165, 1.54) is 26.5 Å². The van der Waals surface area contributed by atoms with Crippen molar-refractivity contribution in [1.29, 1.82) is 0 Å². The van der Waals surface area contributed by atoms with E-state index in [0.717, 1.165) is 56.8 Å². The monoisotopic (exact) mass is 927 g/mol. The van der Waals surface area contributed by atoms with Gasteiger partial charge in [0.05, 0.1) is 29.6 Å². The fraction of sp³-hybridized carbons (Fsp3) is 0.706. The van der Waals surface area contributed by atoms with Crippen LogP contribution in [-0.4, -0.2) is 139 Å². The van der Waals surface area contributed by atoms with E-state index >= 15 is 0 Å². The molecule has 0 spiro atoms. The zero-order chi connectivity index (χ0) is 48.6. The van der Waals surface area contributed by atoms with E-state index in [-0.39, 0.29) is 31.6 Å². The summed E-state index contributed by atoms with van der Waals surface area (Å²) >= 11 is 0. The highest BCUT2D eigenvalue weighted by Gasteiger charge is 2.51. The maximum absolute atomic E-state index is 14.2. The van der Waals surface area contributed by atoms with E-state index in [0.29, 0.717) is 18.7 Å². The fourth-order valence-corrected chi connectivity index (χ4v) is 9.41. The van der Waals surface area contributed by atoms with E-state index in [1.807, 2.05) is 82.2 Å². The smallest absolute Gasteiger partial charge is 0.316 e. The molecule has 2 heterocycles. The number of benzene rings is 2. The Morgan fingerprint density at radius 2 is 1.55 bits per heavy atom. The predicted molar refractivity (Wildman–Crippen MR) is 255 cm³/mol. The van der Waals surface area contributed by atoms with Crippen molar-refractivity contribution in [1.82, 2.24) is 15.5 Å². The number of likely N-dealkylation sites (N-methyl/N-ethyl adjacent to an activating group) is 1. The summed E-state index contributed by atoms with van der Waals surface area (Å²) in [5.41, 5.74) is -1.50. The van der Waals surface area contributed by atoms with E-state index in [9.17, 15) is 24.9 Å². The van der Waals surface area contributed by atoms with Gasteiger partial charge in [0, 0.05) is 44.0 Å². The van der Waals surface area contributed by atoms with Crippen LogP contribution in [0.5, 0.6) is 11.5 Å². The second-order valence-electron chi connectivity index (χ2n) is 19.2. The number of ketones is 1. The van der Waals surface area contributed by atoms with Gasteiger partial charge in [-0.3, -0.25) is 9.59 Å². The molecular formula is C51H82N4O11. The average molecular weight is 927 g/mol. The number of hydrogen-bond acceptors (Lipinski definition) is 15. The van der Waals surface area contributed by atoms with Gasteiger partial charge in [-0.25, -0.2) is 0 Å². The number of Topliss-reactive ketones (excluding diaryl/α,β-unsaturated/α-hetero) is 1. The lowest BCUT2D eigenvalue weighted by atomic mass is 9.74. The van der Waals surface area contributed by atoms with Crippen LogP contribution in [0.2, 0.25) is 0 Å². The van der Waals surface area contributed by atoms with Crippen molar-refractivity contribution < 1.29 is 53.4 Å². The van der Waals surface area contributed by atoms with E-state index < -0.39 is 77.3 Å². The standard InChI is InChI=1S/C51H82N4O11/c1-12-42-51(8,60)46(58)35(4)43(54-62-28-27-52-25-18-13-14-19-26-53-32-38-21-20-24-40(30-38)64-39-22-16-15-17-23-39)33(2)31-50(7,61-11)47(36(5)44(56)37(6)48(59)65-42)66-49-45(57)41(55(9)10)29-34(3)63-49/h15-17,20-24,30,33-37,41-42,45-47,49,52-53,57-58,60H,12-14,18-19,25-29,31-32H2,1-11H3/b54-43+/t33-,34-,35+,36+,37-,41+,42-,45-,46-,47-,49+,50+,51-/m1/s1. The summed E-state index contributed by atoms with van der Waals surface area (Å²) < 4.78 is 30.9. The molecule has 2 aliphatic heterocycles. The van der Waals surface area contributed by atoms with E-state index in [1.54, 1.807) is 20.8 Å². The molecule has 0 aromatic heterocycles. The molecule has 0 aliphatic carbocycles. The molecule has 372 valence electrons. The molecule has 15 nitrogen and oxygen atoms in total. The molecule has 2 aliphatic rings. The van der Waals surface area contributed by atoms with E-state index in [4.69, 9.17) is 28.5 Å². The summed E-state index contributed by atoms with van der Waals surface area (Å²) in [6, 6.07) is 17.6. The van der Waals surface area contributed by atoms with Crippen LogP contribution < -0.4 is 15.4 Å². The van der Waals surface area contributed by atoms with Crippen molar-refractivity contribution in [2.24, 2.45) is 28.8 Å². The number of unbranched alkanes of at least 4 members (excludes halogenated alkanes) is 3. The van der Waals surface area contributed by atoms with Crippen molar-refractivity contribution in [2.75, 3.05) is 47.4 Å². The van der Waals surface area contributed by atoms with Crippen molar-refractivity contribution in [3.05, 3.63) is 60.2 Å². The molecule has 15 heteroatoms. The van der Waals surface area contributed by atoms with Crippen molar-refractivity contribution >= 4 is 17.5 Å². The number of methoxy groups -OCH3 is 1. The molecule has 0 saturated carbocycles. The number of rotatable bonds is 20. The minimum Gasteiger partial charge on any atom is -0.459 e. The number of nitrogens with one attached hydrogen (secondary N) is 2. The van der Waals surface area contributed by atoms with Gasteiger partial charge in [-0.05, 0) is 117 Å². The van der Waals surface area contributed by atoms with Crippen LogP contribution in [0.1, 0.15) is 106 Å². The Kier molecular flexibility index (Phi) is 22.0. The molecule has 0 amide bonds. The molecule has 2 aromatic carbocycles. The summed E-state index contributed by atoms with van der Waals surface area (Å²) in [6.07, 6.45) is -0.714. The number of cyclic esters (lactones) is 1. The second kappa shape index (κ2) is 26.3. The van der Waals surface area contributed by atoms with Crippen LogP contribution in [0.25, 0.3) is 0 Å². The molecule has 2 saturated heterocycles. The molecule has 0 bridgehead atoms. The minimum absolute atomic E-state index is 0.177. The topological polar surface area (TPSA) is 190 Å². The second-order valence-corrected chi connectivity index (χ2v) is 19.2. The molecule has 4 rings (SSSR count). The average Bonchev–Trinajstić information content (AvgIpc) is 3.29. The first-order valence-electron chi connectivity index (χ1n) is 24.1. The third-order valence-electron chi connectivity index (χ3n) is 13.5. The van der Waals surface area contributed by atoms with Gasteiger partial charge in [0.15, 0.2) is 12.1 Å². The molecule has 66 heavy (non-hydrogen) atoms. The van der Waals surface area contributed by atoms with Gasteiger partial charge >= 0.3 is 5.97 Å². The third-order valence-corrected chi connectivity index (χ3v) is 13.5. The van der Waals surface area contributed by atoms with Crippen LogP contribution in [0.4, 0.5) is 0 Å². The maximum atomic E-state index is 14.2. The predicted octanol–water partition coefficient (Wildman–Crippen LogP) is 6.26. The number of aliphatic hydroxyl groups is 3. The highest BCUT2D eigenvalue weighted by Crippen LogP contribution is 2.39. The number of oxime groups is 1. The van der Waals surface area contributed by atoms with Crippen LogP contribution in [-0.2, 0) is 39.9 Å². The Hall–Kier alpha value is -3.51. The number of ether oxygens (including phenoxy) is 5. The summed E-state index contributed by atoms with van der Waals surface area (Å²) in [4.78, 5) is 35.7. The lowest BCUT2D eigenvalue weighted by Crippen LogP contribution is -2.60. The largest absolute Gasteiger partial charge is 0.459 e. The number of nitrogens with zero attached hydrogens (tertiary/aromatic N) is 2. The van der Waals surface area contributed by atoms with Gasteiger partial charge in [-0.15, -0.1) is 0 Å². The maximum Gasteiger partial charge on any atom is 0.316 e. The van der Waals surface area contributed by atoms with E-state index in [2.05, 4.69) is 27.9 Å². The van der Waals surface area contributed by atoms with Gasteiger partial charge in [0.25, 0.3) is 0 Å². The highest BCUT2D eigenvalue weighted by molar-refractivity contribution is 6.00. The first kappa shape index (κ1) is 55.1. The summed E-state index contributed by atoms with van der Waals surface area (Å²) in [6.45, 7) is 17.1. The molecule has 0 unspecified atom stereocenters. The quantitative estimate of drug-likeness (QED) is 0.0433. The molecule has 0 radical (unpaired) electrons. The zero-order valence-corrected chi connectivity index (χ0v) is 41.5. The Balaban J connectivity index is 1.38. The van der Waals surface area contributed by atoms with Gasteiger partial charge in [0.1, 0.15) is 41.8 Å². The van der Waals surface area contributed by atoms with Gasteiger partial charge in [-0.1, -0.05) is 76.0 Å². The number of carbonyl (C=O) groups is 2. The summed E-state index contributed by atoms with van der Waals surface area (Å²) in [7, 11) is 5.29. The van der Waals surface area contributed by atoms with Crippen LogP contribution in [0.3, 0.4) is 0 Å². The third kappa shape index (κ3) is 15.2. The molecule has 2 fully saturated rings. The normalized spacial score (nSPS) is 33.4. The molecule has 2 aromatic rings. The van der Waals surface area contributed by atoms with Crippen LogP contribution >= 0.6 is 0 Å². The molecule has 5 N–H and O–H groups in total. The Morgan fingerprint density at radius 1 is 0.879 bits per heavy atom. The van der Waals surface area contributed by atoms with Crippen LogP contribution in [0, 0.1) is 23.7 Å². The number of esters is 1. The fourth-order valence-electron chi connectivity index (χ4n) is 9.41. The number of carbonyl (C=O) groups excluding carboxylic acids is 2. The molecule has 13 atom stereocenters. The highest BCUT2D eigenvalue weighted by atomic mass is 16.7. The first-order valence-corrected chi connectivity index (χ1v) is 24.1. The van der Waals surface area contributed by atoms with Gasteiger partial charge in [0.2, 0.25) is 0 Å². The summed E-state index contributed by atoms with van der Waals surface area (Å²) in [5.74, 6) is -3.04. The molecular weight excluding hydrogens is 845 g/mol.